The number of hydrogen-bond donors (Lipinski definition) is 0. The number of carbonyl (C=O) groups is 1. The van der Waals surface area contributed by atoms with Crippen molar-refractivity contribution in [3.05, 3.63) is 60.2 Å². The molecule has 0 aromatic heterocycles. The van der Waals surface area contributed by atoms with Gasteiger partial charge in [0.15, 0.2) is 0 Å². The van der Waals surface area contributed by atoms with Crippen LogP contribution in [0.3, 0.4) is 0 Å². The van der Waals surface area contributed by atoms with Crippen molar-refractivity contribution in [2.24, 2.45) is 0 Å². The molecule has 3 rings (SSSR count). The molecule has 1 heterocycles. The van der Waals surface area contributed by atoms with E-state index in [4.69, 9.17) is 4.74 Å². The van der Waals surface area contributed by atoms with Crippen LogP contribution in [0.1, 0.15) is 30.9 Å². The van der Waals surface area contributed by atoms with Crippen LogP contribution in [0.4, 0.5) is 5.69 Å². The van der Waals surface area contributed by atoms with Crippen LogP contribution in [0.25, 0.3) is 0 Å². The molecule has 0 saturated carbocycles. The maximum Gasteiger partial charge on any atom is 0.227 e. The molecule has 0 radical (unpaired) electrons. The van der Waals surface area contributed by atoms with Gasteiger partial charge in [0.05, 0.1) is 13.2 Å². The molecule has 2 aromatic carbocycles. The number of ether oxygens (including phenoxy) is 1. The van der Waals surface area contributed by atoms with Gasteiger partial charge in [-0.25, -0.2) is 0 Å². The van der Waals surface area contributed by atoms with Crippen molar-refractivity contribution < 1.29 is 9.53 Å². The van der Waals surface area contributed by atoms with Crippen LogP contribution in [-0.4, -0.2) is 13.0 Å². The Hall–Kier alpha value is -2.29. The number of piperidine rings is 1. The minimum Gasteiger partial charge on any atom is -0.497 e. The van der Waals surface area contributed by atoms with Crippen LogP contribution in [0.2, 0.25) is 0 Å². The molecule has 0 N–H and O–H groups in total. The van der Waals surface area contributed by atoms with E-state index < -0.39 is 0 Å². The highest BCUT2D eigenvalue weighted by Crippen LogP contribution is 2.36. The smallest absolute Gasteiger partial charge is 0.227 e. The maximum atomic E-state index is 12.4. The summed E-state index contributed by atoms with van der Waals surface area (Å²) in [5.74, 6) is 1.04. The van der Waals surface area contributed by atoms with Crippen LogP contribution < -0.4 is 9.64 Å². The highest BCUT2D eigenvalue weighted by atomic mass is 16.5. The third kappa shape index (κ3) is 2.77. The molecule has 1 fully saturated rings. The third-order valence-electron chi connectivity index (χ3n) is 3.98. The second-order valence-corrected chi connectivity index (χ2v) is 5.28. The average Bonchev–Trinajstić information content (AvgIpc) is 2.55. The van der Waals surface area contributed by atoms with Gasteiger partial charge in [0.1, 0.15) is 5.75 Å². The van der Waals surface area contributed by atoms with E-state index in [1.807, 2.05) is 47.4 Å². The van der Waals surface area contributed by atoms with Crippen molar-refractivity contribution in [2.75, 3.05) is 12.0 Å². The monoisotopic (exact) mass is 281 g/mol. The molecule has 1 atom stereocenters. The van der Waals surface area contributed by atoms with Crippen LogP contribution in [0, 0.1) is 0 Å². The molecule has 108 valence electrons. The Labute approximate surface area is 125 Å². The third-order valence-corrected chi connectivity index (χ3v) is 3.98. The molecule has 1 unspecified atom stereocenters. The van der Waals surface area contributed by atoms with Crippen molar-refractivity contribution in [1.82, 2.24) is 0 Å². The lowest BCUT2D eigenvalue weighted by atomic mass is 9.94. The SMILES string of the molecule is COc1ccc(C2CCCC(=O)N2c2ccccc2)cc1. The molecule has 2 aromatic rings. The number of methoxy groups -OCH3 is 1. The summed E-state index contributed by atoms with van der Waals surface area (Å²) in [5, 5.41) is 0. The molecule has 1 aliphatic heterocycles. The second-order valence-electron chi connectivity index (χ2n) is 5.28. The lowest BCUT2D eigenvalue weighted by Crippen LogP contribution is -2.38. The molecule has 0 aliphatic carbocycles. The summed E-state index contributed by atoms with van der Waals surface area (Å²) in [6.07, 6.45) is 2.56. The summed E-state index contributed by atoms with van der Waals surface area (Å²) < 4.78 is 5.21. The van der Waals surface area contributed by atoms with Gasteiger partial charge in [-0.05, 0) is 42.7 Å². The first kappa shape index (κ1) is 13.7. The van der Waals surface area contributed by atoms with E-state index in [0.717, 1.165) is 29.8 Å². The quantitative estimate of drug-likeness (QED) is 0.852. The number of amides is 1. The standard InChI is InChI=1S/C18H19NO2/c1-21-16-12-10-14(11-13-16)17-8-5-9-18(20)19(17)15-6-3-2-4-7-15/h2-4,6-7,10-13,17H,5,8-9H2,1H3. The Morgan fingerprint density at radius 3 is 2.43 bits per heavy atom. The zero-order valence-corrected chi connectivity index (χ0v) is 12.2. The lowest BCUT2D eigenvalue weighted by Gasteiger charge is -2.36. The summed E-state index contributed by atoms with van der Waals surface area (Å²) in [6.45, 7) is 0. The van der Waals surface area contributed by atoms with Gasteiger partial charge in [-0.2, -0.15) is 0 Å². The molecular weight excluding hydrogens is 262 g/mol. The minimum absolute atomic E-state index is 0.111. The molecule has 1 amide bonds. The molecule has 0 bridgehead atoms. The van der Waals surface area contributed by atoms with Crippen LogP contribution in [0.15, 0.2) is 54.6 Å². The fourth-order valence-electron chi connectivity index (χ4n) is 2.92. The average molecular weight is 281 g/mol. The molecule has 3 heteroatoms. The largest absolute Gasteiger partial charge is 0.497 e. The summed E-state index contributed by atoms with van der Waals surface area (Å²) >= 11 is 0. The van der Waals surface area contributed by atoms with Crippen LogP contribution >= 0.6 is 0 Å². The zero-order valence-electron chi connectivity index (χ0n) is 12.2. The Morgan fingerprint density at radius 1 is 1.05 bits per heavy atom. The Bertz CT molecular complexity index is 607. The number of hydrogen-bond acceptors (Lipinski definition) is 2. The zero-order chi connectivity index (χ0) is 14.7. The number of benzene rings is 2. The van der Waals surface area contributed by atoms with Crippen molar-refractivity contribution in [3.63, 3.8) is 0 Å². The van der Waals surface area contributed by atoms with Crippen LogP contribution in [-0.2, 0) is 4.79 Å². The van der Waals surface area contributed by atoms with E-state index in [-0.39, 0.29) is 11.9 Å². The van der Waals surface area contributed by atoms with Crippen molar-refractivity contribution in [2.45, 2.75) is 25.3 Å². The summed E-state index contributed by atoms with van der Waals surface area (Å²) in [6, 6.07) is 18.1. The number of rotatable bonds is 3. The Kier molecular flexibility index (Phi) is 3.91. The van der Waals surface area contributed by atoms with Gasteiger partial charge in [-0.1, -0.05) is 30.3 Å². The Balaban J connectivity index is 1.95. The van der Waals surface area contributed by atoms with Crippen molar-refractivity contribution in [3.8, 4) is 5.75 Å². The fraction of sp³-hybridized carbons (Fsp3) is 0.278. The number of nitrogens with zero attached hydrogens (tertiary/aromatic N) is 1. The van der Waals surface area contributed by atoms with Gasteiger partial charge < -0.3 is 9.64 Å². The normalized spacial score (nSPS) is 18.6. The molecule has 0 spiro atoms. The maximum absolute atomic E-state index is 12.4. The second kappa shape index (κ2) is 6.00. The topological polar surface area (TPSA) is 29.5 Å². The van der Waals surface area contributed by atoms with E-state index in [9.17, 15) is 4.79 Å². The van der Waals surface area contributed by atoms with Crippen LogP contribution in [0.5, 0.6) is 5.75 Å². The van der Waals surface area contributed by atoms with E-state index in [1.165, 1.54) is 0 Å². The highest BCUT2D eigenvalue weighted by molar-refractivity contribution is 5.94. The minimum atomic E-state index is 0.111. The van der Waals surface area contributed by atoms with E-state index in [0.29, 0.717) is 6.42 Å². The first-order valence-electron chi connectivity index (χ1n) is 7.30. The molecule has 1 saturated heterocycles. The van der Waals surface area contributed by atoms with Crippen molar-refractivity contribution in [1.29, 1.82) is 0 Å². The van der Waals surface area contributed by atoms with E-state index in [2.05, 4.69) is 12.1 Å². The fourth-order valence-corrected chi connectivity index (χ4v) is 2.92. The van der Waals surface area contributed by atoms with E-state index in [1.54, 1.807) is 7.11 Å². The summed E-state index contributed by atoms with van der Waals surface area (Å²) in [7, 11) is 1.66. The molecule has 3 nitrogen and oxygen atoms in total. The Morgan fingerprint density at radius 2 is 1.76 bits per heavy atom. The summed E-state index contributed by atoms with van der Waals surface area (Å²) in [4.78, 5) is 14.3. The summed E-state index contributed by atoms with van der Waals surface area (Å²) in [5.41, 5.74) is 2.13. The highest BCUT2D eigenvalue weighted by Gasteiger charge is 2.30. The predicted molar refractivity (Wildman–Crippen MR) is 83.5 cm³/mol. The van der Waals surface area contributed by atoms with Gasteiger partial charge in [0, 0.05) is 12.1 Å². The number of carbonyl (C=O) groups excluding carboxylic acids is 1. The van der Waals surface area contributed by atoms with Gasteiger partial charge in [0.2, 0.25) is 5.91 Å². The molecule has 21 heavy (non-hydrogen) atoms. The molecular formula is C18H19NO2. The number of anilines is 1. The van der Waals surface area contributed by atoms with Gasteiger partial charge >= 0.3 is 0 Å². The van der Waals surface area contributed by atoms with Gasteiger partial charge in [-0.15, -0.1) is 0 Å². The van der Waals surface area contributed by atoms with Gasteiger partial charge in [-0.3, -0.25) is 4.79 Å². The molecule has 1 aliphatic rings. The lowest BCUT2D eigenvalue weighted by molar-refractivity contribution is -0.120. The predicted octanol–water partition coefficient (Wildman–Crippen LogP) is 3.95. The first-order chi connectivity index (χ1) is 10.3. The first-order valence-corrected chi connectivity index (χ1v) is 7.30. The number of para-hydroxylation sites is 1. The van der Waals surface area contributed by atoms with Gasteiger partial charge in [0.25, 0.3) is 0 Å². The van der Waals surface area contributed by atoms with Crippen molar-refractivity contribution >= 4 is 11.6 Å². The van der Waals surface area contributed by atoms with E-state index >= 15 is 0 Å².